The minimum absolute atomic E-state index is 0.0396. The lowest BCUT2D eigenvalue weighted by Crippen LogP contribution is -2.31. The van der Waals surface area contributed by atoms with E-state index in [0.717, 1.165) is 6.42 Å². The van der Waals surface area contributed by atoms with Crippen LogP contribution in [0, 0.1) is 0 Å². The van der Waals surface area contributed by atoms with E-state index in [2.05, 4.69) is 19.9 Å². The van der Waals surface area contributed by atoms with Crippen LogP contribution in [-0.4, -0.2) is 60.8 Å². The lowest BCUT2D eigenvalue weighted by molar-refractivity contribution is 0.193. The van der Waals surface area contributed by atoms with Gasteiger partial charge < -0.3 is 14.2 Å². The summed E-state index contributed by atoms with van der Waals surface area (Å²) in [5.74, 6) is 1.09. The maximum atomic E-state index is 13.5. The Morgan fingerprint density at radius 2 is 1.86 bits per heavy atom. The van der Waals surface area contributed by atoms with Crippen molar-refractivity contribution in [1.29, 1.82) is 0 Å². The lowest BCUT2D eigenvalue weighted by Gasteiger charge is -2.22. The van der Waals surface area contributed by atoms with E-state index in [1.807, 2.05) is 0 Å². The minimum Gasteiger partial charge on any atom is -0.494 e. The minimum atomic E-state index is -3.91. The third-order valence-electron chi connectivity index (χ3n) is 6.25. The number of benzene rings is 1. The largest absolute Gasteiger partial charge is 0.494 e. The van der Waals surface area contributed by atoms with Gasteiger partial charge in [-0.1, -0.05) is 24.6 Å². The molecule has 3 atom stereocenters. The Hall–Kier alpha value is -2.89. The fraction of sp³-hybridized carbons (Fsp3) is 0.435. The zero-order valence-electron chi connectivity index (χ0n) is 19.9. The van der Waals surface area contributed by atoms with Gasteiger partial charge in [0.15, 0.2) is 0 Å². The normalized spacial score (nSPS) is 17.7. The van der Waals surface area contributed by atoms with Crippen molar-refractivity contribution in [2.45, 2.75) is 37.4 Å². The van der Waals surface area contributed by atoms with Crippen LogP contribution in [0.1, 0.15) is 43.6 Å². The summed E-state index contributed by atoms with van der Waals surface area (Å²) in [5.41, 5.74) is 1.12. The first-order chi connectivity index (χ1) is 16.8. The number of nitrogens with one attached hydrogen (secondary N) is 1. The molecule has 12 heteroatoms. The second-order valence-electron chi connectivity index (χ2n) is 8.33. The molecule has 0 radical (unpaired) electrons. The van der Waals surface area contributed by atoms with E-state index in [0.29, 0.717) is 46.9 Å². The molecule has 4 rings (SSSR count). The summed E-state index contributed by atoms with van der Waals surface area (Å²) in [6.45, 7) is 4.47. The number of anilines is 1. The number of hydrogen-bond donors (Lipinski definition) is 1. The molecule has 0 aliphatic carbocycles. The van der Waals surface area contributed by atoms with Crippen LogP contribution in [0.15, 0.2) is 36.5 Å². The highest BCUT2D eigenvalue weighted by molar-refractivity contribution is 7.93. The van der Waals surface area contributed by atoms with E-state index in [1.54, 1.807) is 48.7 Å². The molecule has 2 aromatic heterocycles. The third kappa shape index (κ3) is 5.07. The summed E-state index contributed by atoms with van der Waals surface area (Å²) >= 11 is 5.93. The molecule has 0 saturated carbocycles. The smallest absolute Gasteiger partial charge is 0.243 e. The summed E-state index contributed by atoms with van der Waals surface area (Å²) in [7, 11) is -0.839. The Labute approximate surface area is 209 Å². The van der Waals surface area contributed by atoms with Crippen LogP contribution in [0.4, 0.5) is 5.95 Å². The topological polar surface area (TPSA) is 117 Å². The molecule has 0 spiro atoms. The Kier molecular flexibility index (Phi) is 7.48. The molecule has 3 heterocycles. The molecule has 1 aromatic carbocycles. The van der Waals surface area contributed by atoms with Gasteiger partial charge in [0, 0.05) is 30.3 Å². The summed E-state index contributed by atoms with van der Waals surface area (Å²) in [4.78, 5) is 4.28. The van der Waals surface area contributed by atoms with Gasteiger partial charge in [0.25, 0.3) is 0 Å². The van der Waals surface area contributed by atoms with Crippen molar-refractivity contribution in [3.63, 3.8) is 0 Å². The monoisotopic (exact) mass is 521 g/mol. The molecule has 35 heavy (non-hydrogen) atoms. The number of sulfonamides is 1. The maximum Gasteiger partial charge on any atom is 0.243 e. The van der Waals surface area contributed by atoms with Gasteiger partial charge in [0.1, 0.15) is 23.0 Å². The molecule has 1 saturated heterocycles. The van der Waals surface area contributed by atoms with E-state index in [9.17, 15) is 8.42 Å². The third-order valence-corrected chi connectivity index (χ3v) is 8.33. The number of ether oxygens (including phenoxy) is 3. The van der Waals surface area contributed by atoms with Crippen LogP contribution in [0.3, 0.4) is 0 Å². The molecule has 10 nitrogen and oxygen atoms in total. The first-order valence-electron chi connectivity index (χ1n) is 11.1. The van der Waals surface area contributed by atoms with E-state index in [-0.39, 0.29) is 11.9 Å². The molecule has 3 aromatic rings. The highest BCUT2D eigenvalue weighted by Crippen LogP contribution is 2.38. The Balaban J connectivity index is 1.76. The fourth-order valence-electron chi connectivity index (χ4n) is 4.02. The van der Waals surface area contributed by atoms with E-state index in [4.69, 9.17) is 25.8 Å². The second kappa shape index (κ2) is 10.4. The average Bonchev–Trinajstić information content (AvgIpc) is 3.52. The Morgan fingerprint density at radius 1 is 1.14 bits per heavy atom. The standard InChI is InChI=1S/C23H28ClN5O5S/c1-14(18-9-8-17(24)12-25-18)15(2)35(30,31)28-23-27-26-22(16-10-11-34-13-16)29(23)21-19(32-3)6-5-7-20(21)33-4/h5-9,12,14-16H,10-11,13H2,1-4H3,(H,27,28)/t14?,15?,16-/m0/s1. The van der Waals surface area contributed by atoms with Gasteiger partial charge in [-0.2, -0.15) is 0 Å². The van der Waals surface area contributed by atoms with Crippen molar-refractivity contribution in [3.05, 3.63) is 53.1 Å². The van der Waals surface area contributed by atoms with Crippen LogP contribution >= 0.6 is 11.6 Å². The van der Waals surface area contributed by atoms with Gasteiger partial charge in [-0.25, -0.2) is 8.42 Å². The van der Waals surface area contributed by atoms with Gasteiger partial charge in [-0.05, 0) is 37.6 Å². The maximum absolute atomic E-state index is 13.5. The zero-order chi connectivity index (χ0) is 25.2. The van der Waals surface area contributed by atoms with Crippen LogP contribution in [0.2, 0.25) is 5.02 Å². The van der Waals surface area contributed by atoms with E-state index >= 15 is 0 Å². The summed E-state index contributed by atoms with van der Waals surface area (Å²) in [6.07, 6.45) is 2.23. The molecule has 1 aliphatic heterocycles. The van der Waals surface area contributed by atoms with E-state index < -0.39 is 21.2 Å². The molecule has 1 N–H and O–H groups in total. The van der Waals surface area contributed by atoms with Crippen molar-refractivity contribution < 1.29 is 22.6 Å². The highest BCUT2D eigenvalue weighted by atomic mass is 35.5. The number of hydrogen-bond acceptors (Lipinski definition) is 8. The first-order valence-corrected chi connectivity index (χ1v) is 13.1. The van der Waals surface area contributed by atoms with Gasteiger partial charge in [-0.15, -0.1) is 10.2 Å². The molecule has 0 bridgehead atoms. The summed E-state index contributed by atoms with van der Waals surface area (Å²) < 4.78 is 48.0. The van der Waals surface area contributed by atoms with Gasteiger partial charge in [0.05, 0.1) is 31.1 Å². The number of pyridine rings is 1. The number of aromatic nitrogens is 4. The number of nitrogens with zero attached hydrogens (tertiary/aromatic N) is 4. The predicted octanol–water partition coefficient (Wildman–Crippen LogP) is 3.77. The van der Waals surface area contributed by atoms with Crippen molar-refractivity contribution >= 4 is 27.6 Å². The SMILES string of the molecule is COc1cccc(OC)c1-n1c(NS(=O)(=O)C(C)C(C)c2ccc(Cl)cn2)nnc1[C@H]1CCOC1. The van der Waals surface area contributed by atoms with Crippen LogP contribution < -0.4 is 14.2 Å². The van der Waals surface area contributed by atoms with Crippen molar-refractivity contribution in [2.24, 2.45) is 0 Å². The molecule has 188 valence electrons. The van der Waals surface area contributed by atoms with E-state index in [1.165, 1.54) is 20.4 Å². The second-order valence-corrected chi connectivity index (χ2v) is 10.8. The quantitative estimate of drug-likeness (QED) is 0.452. The molecule has 1 aliphatic rings. The predicted molar refractivity (Wildman–Crippen MR) is 132 cm³/mol. The summed E-state index contributed by atoms with van der Waals surface area (Å²) in [5, 5.41) is 8.22. The Bertz CT molecular complexity index is 1250. The Morgan fingerprint density at radius 3 is 2.43 bits per heavy atom. The lowest BCUT2D eigenvalue weighted by atomic mass is 10.0. The highest BCUT2D eigenvalue weighted by Gasteiger charge is 2.33. The number of halogens is 1. The van der Waals surface area contributed by atoms with Crippen LogP contribution in [0.5, 0.6) is 11.5 Å². The van der Waals surface area contributed by atoms with Crippen LogP contribution in [0.25, 0.3) is 5.69 Å². The molecule has 2 unspecified atom stereocenters. The average molecular weight is 522 g/mol. The first kappa shape index (κ1) is 25.2. The zero-order valence-corrected chi connectivity index (χ0v) is 21.5. The number of para-hydroxylation sites is 1. The molecule has 1 fully saturated rings. The van der Waals surface area contributed by atoms with Crippen molar-refractivity contribution in [1.82, 2.24) is 19.7 Å². The van der Waals surface area contributed by atoms with Crippen molar-refractivity contribution in [3.8, 4) is 17.2 Å². The van der Waals surface area contributed by atoms with Crippen LogP contribution in [-0.2, 0) is 14.8 Å². The molecular formula is C23H28ClN5O5S. The number of rotatable bonds is 9. The van der Waals surface area contributed by atoms with Gasteiger partial charge in [-0.3, -0.25) is 14.3 Å². The molecule has 0 amide bonds. The summed E-state index contributed by atoms with van der Waals surface area (Å²) in [6, 6.07) is 8.73. The molecular weight excluding hydrogens is 494 g/mol. The fourth-order valence-corrected chi connectivity index (χ4v) is 5.38. The van der Waals surface area contributed by atoms with Gasteiger partial charge >= 0.3 is 0 Å². The number of methoxy groups -OCH3 is 2. The van der Waals surface area contributed by atoms with Gasteiger partial charge in [0.2, 0.25) is 16.0 Å². The van der Waals surface area contributed by atoms with Crippen molar-refractivity contribution in [2.75, 3.05) is 32.2 Å².